The minimum Gasteiger partial charge on any atom is -0.464 e. The Morgan fingerprint density at radius 2 is 1.90 bits per heavy atom. The van der Waals surface area contributed by atoms with Crippen molar-refractivity contribution in [1.82, 2.24) is 24.7 Å². The van der Waals surface area contributed by atoms with E-state index in [1.54, 1.807) is 4.68 Å². The van der Waals surface area contributed by atoms with Crippen molar-refractivity contribution in [2.75, 3.05) is 30.3 Å². The van der Waals surface area contributed by atoms with Gasteiger partial charge in [-0.1, -0.05) is 0 Å². The third-order valence-corrected chi connectivity index (χ3v) is 2.68. The topological polar surface area (TPSA) is 89.8 Å². The fourth-order valence-electron chi connectivity index (χ4n) is 1.79. The van der Waals surface area contributed by atoms with E-state index in [0.717, 1.165) is 18.5 Å². The van der Waals surface area contributed by atoms with Crippen molar-refractivity contribution in [3.63, 3.8) is 0 Å². The quantitative estimate of drug-likeness (QED) is 0.752. The molecule has 0 fully saturated rings. The minimum absolute atomic E-state index is 0.326. The zero-order valence-electron chi connectivity index (χ0n) is 12.6. The molecular formula is C13H21N7O. The van der Waals surface area contributed by atoms with Crippen LogP contribution in [0.4, 0.5) is 11.9 Å². The Kier molecular flexibility index (Phi) is 5.30. The number of rotatable bonds is 8. The Morgan fingerprint density at radius 1 is 1.14 bits per heavy atom. The molecular weight excluding hydrogens is 270 g/mol. The van der Waals surface area contributed by atoms with Crippen LogP contribution in [0.3, 0.4) is 0 Å². The summed E-state index contributed by atoms with van der Waals surface area (Å²) in [6, 6.07) is 0.326. The molecule has 2 aromatic heterocycles. The zero-order valence-corrected chi connectivity index (χ0v) is 12.6. The van der Waals surface area contributed by atoms with E-state index in [9.17, 15) is 0 Å². The van der Waals surface area contributed by atoms with Crippen LogP contribution in [0, 0.1) is 0 Å². The fraction of sp³-hybridized carbons (Fsp3) is 0.538. The standard InChI is InChI=1S/C13H21N7O/c1-4-14-11-17-12(19-13(18-11)21-5-2)15-7-6-10-8-16-20(3)9-10/h8-9H,4-7H2,1-3H3,(H2,14,15,17,18,19). The molecule has 0 saturated heterocycles. The van der Waals surface area contributed by atoms with E-state index in [1.165, 1.54) is 0 Å². The molecule has 2 N–H and O–H groups in total. The summed E-state index contributed by atoms with van der Waals surface area (Å²) < 4.78 is 7.13. The number of aryl methyl sites for hydroxylation is 1. The van der Waals surface area contributed by atoms with E-state index in [4.69, 9.17) is 4.74 Å². The van der Waals surface area contributed by atoms with Crippen molar-refractivity contribution in [2.45, 2.75) is 20.3 Å². The molecule has 0 atom stereocenters. The molecule has 2 heterocycles. The first-order chi connectivity index (χ1) is 10.2. The van der Waals surface area contributed by atoms with Crippen molar-refractivity contribution in [3.8, 4) is 6.01 Å². The van der Waals surface area contributed by atoms with Crippen LogP contribution in [0.2, 0.25) is 0 Å². The molecule has 0 unspecified atom stereocenters. The van der Waals surface area contributed by atoms with Gasteiger partial charge in [0.1, 0.15) is 0 Å². The number of nitrogens with zero attached hydrogens (tertiary/aromatic N) is 5. The Morgan fingerprint density at radius 3 is 2.52 bits per heavy atom. The number of hydrogen-bond acceptors (Lipinski definition) is 7. The molecule has 2 rings (SSSR count). The average molecular weight is 291 g/mol. The summed E-state index contributed by atoms with van der Waals surface area (Å²) in [5.74, 6) is 1.02. The number of aromatic nitrogens is 5. The summed E-state index contributed by atoms with van der Waals surface area (Å²) in [6.45, 7) is 5.86. The van der Waals surface area contributed by atoms with Gasteiger partial charge >= 0.3 is 6.01 Å². The highest BCUT2D eigenvalue weighted by molar-refractivity contribution is 5.35. The minimum atomic E-state index is 0.326. The molecule has 0 saturated carbocycles. The SMILES string of the molecule is CCNc1nc(NCCc2cnn(C)c2)nc(OCC)n1. The van der Waals surface area contributed by atoms with Crippen LogP contribution in [0.1, 0.15) is 19.4 Å². The third-order valence-electron chi connectivity index (χ3n) is 2.68. The second-order valence-corrected chi connectivity index (χ2v) is 4.43. The molecule has 8 nitrogen and oxygen atoms in total. The van der Waals surface area contributed by atoms with E-state index >= 15 is 0 Å². The lowest BCUT2D eigenvalue weighted by molar-refractivity contribution is 0.312. The maximum Gasteiger partial charge on any atom is 0.323 e. The Labute approximate surface area is 124 Å². The van der Waals surface area contributed by atoms with Gasteiger partial charge in [0.05, 0.1) is 12.8 Å². The monoisotopic (exact) mass is 291 g/mol. The maximum absolute atomic E-state index is 5.35. The van der Waals surface area contributed by atoms with Gasteiger partial charge in [0.15, 0.2) is 0 Å². The van der Waals surface area contributed by atoms with E-state index in [0.29, 0.717) is 31.1 Å². The number of anilines is 2. The van der Waals surface area contributed by atoms with Crippen LogP contribution in [-0.4, -0.2) is 44.4 Å². The lowest BCUT2D eigenvalue weighted by atomic mass is 10.2. The molecule has 0 aromatic carbocycles. The average Bonchev–Trinajstić information content (AvgIpc) is 2.85. The van der Waals surface area contributed by atoms with Gasteiger partial charge in [-0.15, -0.1) is 0 Å². The number of ether oxygens (including phenoxy) is 1. The van der Waals surface area contributed by atoms with Crippen molar-refractivity contribution in [2.24, 2.45) is 7.05 Å². The molecule has 0 radical (unpaired) electrons. The third kappa shape index (κ3) is 4.59. The zero-order chi connectivity index (χ0) is 15.1. The predicted molar refractivity (Wildman–Crippen MR) is 80.6 cm³/mol. The van der Waals surface area contributed by atoms with Crippen molar-refractivity contribution >= 4 is 11.9 Å². The molecule has 0 aliphatic carbocycles. The van der Waals surface area contributed by atoms with Crippen molar-refractivity contribution in [1.29, 1.82) is 0 Å². The van der Waals surface area contributed by atoms with Gasteiger partial charge in [-0.3, -0.25) is 4.68 Å². The number of hydrogen-bond donors (Lipinski definition) is 2. The summed E-state index contributed by atoms with van der Waals surface area (Å²) in [7, 11) is 1.90. The van der Waals surface area contributed by atoms with Crippen LogP contribution < -0.4 is 15.4 Å². The molecule has 0 spiro atoms. The van der Waals surface area contributed by atoms with Crippen LogP contribution in [0.15, 0.2) is 12.4 Å². The molecule has 0 amide bonds. The van der Waals surface area contributed by atoms with Crippen LogP contribution in [0.25, 0.3) is 0 Å². The number of nitrogens with one attached hydrogen (secondary N) is 2. The first kappa shape index (κ1) is 15.0. The molecule has 0 aliphatic rings. The molecule has 0 bridgehead atoms. The van der Waals surface area contributed by atoms with Gasteiger partial charge in [0, 0.05) is 26.3 Å². The van der Waals surface area contributed by atoms with Crippen LogP contribution >= 0.6 is 0 Å². The fourth-order valence-corrected chi connectivity index (χ4v) is 1.79. The van der Waals surface area contributed by atoms with Crippen LogP contribution in [0.5, 0.6) is 6.01 Å². The maximum atomic E-state index is 5.35. The lowest BCUT2D eigenvalue weighted by Gasteiger charge is -2.09. The highest BCUT2D eigenvalue weighted by Crippen LogP contribution is 2.11. The first-order valence-corrected chi connectivity index (χ1v) is 7.05. The van der Waals surface area contributed by atoms with Crippen molar-refractivity contribution < 1.29 is 4.74 Å². The summed E-state index contributed by atoms with van der Waals surface area (Å²) >= 11 is 0. The molecule has 21 heavy (non-hydrogen) atoms. The Hall–Kier alpha value is -2.38. The molecule has 8 heteroatoms. The van der Waals surface area contributed by atoms with Gasteiger partial charge in [-0.05, 0) is 25.8 Å². The largest absolute Gasteiger partial charge is 0.464 e. The second-order valence-electron chi connectivity index (χ2n) is 4.43. The predicted octanol–water partition coefficient (Wildman–Crippen LogP) is 1.09. The van der Waals surface area contributed by atoms with Crippen LogP contribution in [-0.2, 0) is 13.5 Å². The summed E-state index contributed by atoms with van der Waals surface area (Å²) in [6.07, 6.45) is 4.69. The Balaban J connectivity index is 1.97. The lowest BCUT2D eigenvalue weighted by Crippen LogP contribution is -2.12. The van der Waals surface area contributed by atoms with E-state index < -0.39 is 0 Å². The van der Waals surface area contributed by atoms with E-state index in [2.05, 4.69) is 30.7 Å². The highest BCUT2D eigenvalue weighted by atomic mass is 16.5. The summed E-state index contributed by atoms with van der Waals surface area (Å²) in [5, 5.41) is 10.4. The first-order valence-electron chi connectivity index (χ1n) is 7.05. The Bertz CT molecular complexity index is 545. The molecule has 114 valence electrons. The summed E-state index contributed by atoms with van der Waals surface area (Å²) in [4.78, 5) is 12.7. The van der Waals surface area contributed by atoms with Gasteiger partial charge in [-0.2, -0.15) is 20.1 Å². The van der Waals surface area contributed by atoms with E-state index in [1.807, 2.05) is 33.3 Å². The van der Waals surface area contributed by atoms with E-state index in [-0.39, 0.29) is 0 Å². The summed E-state index contributed by atoms with van der Waals surface area (Å²) in [5.41, 5.74) is 1.16. The van der Waals surface area contributed by atoms with Gasteiger partial charge in [0.2, 0.25) is 11.9 Å². The molecule has 0 aliphatic heterocycles. The highest BCUT2D eigenvalue weighted by Gasteiger charge is 2.06. The smallest absolute Gasteiger partial charge is 0.323 e. The van der Waals surface area contributed by atoms with Gasteiger partial charge in [-0.25, -0.2) is 0 Å². The second kappa shape index (κ2) is 7.41. The van der Waals surface area contributed by atoms with Crippen molar-refractivity contribution in [3.05, 3.63) is 18.0 Å². The van der Waals surface area contributed by atoms with Gasteiger partial charge < -0.3 is 15.4 Å². The van der Waals surface area contributed by atoms with Gasteiger partial charge in [0.25, 0.3) is 0 Å². The normalized spacial score (nSPS) is 10.4. The molecule has 2 aromatic rings.